The van der Waals surface area contributed by atoms with Crippen LogP contribution in [0.1, 0.15) is 30.9 Å². The van der Waals surface area contributed by atoms with Gasteiger partial charge >= 0.3 is 0 Å². The lowest BCUT2D eigenvalue weighted by Gasteiger charge is -2.37. The minimum Gasteiger partial charge on any atom is -0.404 e. The topological polar surface area (TPSA) is 147 Å². The van der Waals surface area contributed by atoms with Gasteiger partial charge in [-0.1, -0.05) is 0 Å². The molecule has 2 saturated heterocycles. The van der Waals surface area contributed by atoms with Crippen molar-refractivity contribution in [3.63, 3.8) is 0 Å². The first-order valence-electron chi connectivity index (χ1n) is 9.66. The van der Waals surface area contributed by atoms with Gasteiger partial charge in [-0.25, -0.2) is 9.98 Å². The summed E-state index contributed by atoms with van der Waals surface area (Å²) in [6, 6.07) is 4.53. The number of nitrogens with two attached hydrogens (primary N) is 2. The van der Waals surface area contributed by atoms with Crippen molar-refractivity contribution in [2.45, 2.75) is 31.2 Å². The molecule has 9 nitrogen and oxygen atoms in total. The summed E-state index contributed by atoms with van der Waals surface area (Å²) >= 11 is 0. The van der Waals surface area contributed by atoms with Gasteiger partial charge in [0.2, 0.25) is 0 Å². The summed E-state index contributed by atoms with van der Waals surface area (Å²) in [4.78, 5) is 11.2. The van der Waals surface area contributed by atoms with Crippen LogP contribution in [0.3, 0.4) is 0 Å². The van der Waals surface area contributed by atoms with E-state index in [4.69, 9.17) is 31.3 Å². The molecule has 0 aliphatic carbocycles. The predicted octanol–water partition coefficient (Wildman–Crippen LogP) is 1.34. The molecule has 2 fully saturated rings. The fraction of sp³-hybridized carbons (Fsp3) is 0.500. The molecule has 0 spiro atoms. The number of morpholine rings is 1. The minimum atomic E-state index is -0.763. The van der Waals surface area contributed by atoms with E-state index in [2.05, 4.69) is 22.9 Å². The highest BCUT2D eigenvalue weighted by molar-refractivity contribution is 5.96. The third-order valence-electron chi connectivity index (χ3n) is 5.41. The van der Waals surface area contributed by atoms with Crippen molar-refractivity contribution in [2.24, 2.45) is 16.5 Å². The molecular weight excluding hydrogens is 370 g/mol. The molecule has 0 unspecified atom stereocenters. The summed E-state index contributed by atoms with van der Waals surface area (Å²) in [6.45, 7) is 4.93. The molecule has 154 valence electrons. The number of aromatic nitrogens is 1. The molecule has 3 rings (SSSR count). The number of nitriles is 1. The van der Waals surface area contributed by atoms with Crippen molar-refractivity contribution in [3.8, 4) is 6.07 Å². The molecule has 29 heavy (non-hydrogen) atoms. The molecule has 9 heteroatoms. The fourth-order valence-electron chi connectivity index (χ4n) is 3.79. The van der Waals surface area contributed by atoms with E-state index in [0.717, 1.165) is 5.56 Å². The number of pyridine rings is 1. The summed E-state index contributed by atoms with van der Waals surface area (Å²) in [7, 11) is 0. The highest BCUT2D eigenvalue weighted by Gasteiger charge is 2.38. The predicted molar refractivity (Wildman–Crippen MR) is 112 cm³/mol. The number of aliphatic imine (C=N–C) groups is 1. The Bertz CT molecular complexity index is 853. The first-order valence-corrected chi connectivity index (χ1v) is 9.66. The van der Waals surface area contributed by atoms with Crippen LogP contribution in [-0.2, 0) is 14.9 Å². The van der Waals surface area contributed by atoms with Crippen molar-refractivity contribution < 1.29 is 9.47 Å². The van der Waals surface area contributed by atoms with Gasteiger partial charge in [0.15, 0.2) is 5.82 Å². The number of rotatable bonds is 5. The van der Waals surface area contributed by atoms with Crippen molar-refractivity contribution in [1.29, 1.82) is 10.7 Å². The van der Waals surface area contributed by atoms with Crippen molar-refractivity contribution in [3.05, 3.63) is 29.5 Å². The maximum absolute atomic E-state index is 10.1. The largest absolute Gasteiger partial charge is 0.404 e. The molecule has 0 bridgehead atoms. The zero-order valence-corrected chi connectivity index (χ0v) is 16.6. The zero-order chi connectivity index (χ0) is 20.9. The number of nitrogens with one attached hydrogen (secondary N) is 1. The van der Waals surface area contributed by atoms with Crippen LogP contribution in [0.25, 0.3) is 0 Å². The summed E-state index contributed by atoms with van der Waals surface area (Å²) < 4.78 is 11.0. The Morgan fingerprint density at radius 3 is 2.79 bits per heavy atom. The maximum atomic E-state index is 10.1. The Kier molecular flexibility index (Phi) is 6.46. The van der Waals surface area contributed by atoms with Gasteiger partial charge in [-0.2, -0.15) is 5.26 Å². The molecule has 2 aliphatic rings. The Hall–Kier alpha value is -2.96. The van der Waals surface area contributed by atoms with Gasteiger partial charge in [-0.15, -0.1) is 0 Å². The fourth-order valence-corrected chi connectivity index (χ4v) is 3.79. The Morgan fingerprint density at radius 2 is 2.17 bits per heavy atom. The highest BCUT2D eigenvalue weighted by Crippen LogP contribution is 2.40. The van der Waals surface area contributed by atoms with E-state index in [0.29, 0.717) is 63.0 Å². The number of amidine groups is 1. The molecule has 3 heterocycles. The SMILES string of the molecule is C[C@@H]1COCCN1c1cc(C2(C#N)CCOCC2)c(C=N)c(/N=C(N)\C=C/N)n1. The van der Waals surface area contributed by atoms with Crippen LogP contribution in [0.2, 0.25) is 0 Å². The lowest BCUT2D eigenvalue weighted by molar-refractivity contribution is 0.0675. The zero-order valence-electron chi connectivity index (χ0n) is 16.6. The van der Waals surface area contributed by atoms with Crippen LogP contribution < -0.4 is 16.4 Å². The second-order valence-corrected chi connectivity index (χ2v) is 7.23. The van der Waals surface area contributed by atoms with Crippen molar-refractivity contribution >= 4 is 23.7 Å². The second kappa shape index (κ2) is 9.03. The minimum absolute atomic E-state index is 0.126. The highest BCUT2D eigenvalue weighted by atomic mass is 16.5. The van der Waals surface area contributed by atoms with Crippen LogP contribution in [0.15, 0.2) is 23.3 Å². The molecular formula is C20H27N7O2. The van der Waals surface area contributed by atoms with Crippen molar-refractivity contribution in [2.75, 3.05) is 37.9 Å². The van der Waals surface area contributed by atoms with Crippen LogP contribution in [0, 0.1) is 16.7 Å². The average Bonchev–Trinajstić information content (AvgIpc) is 2.74. The molecule has 1 aromatic heterocycles. The summed E-state index contributed by atoms with van der Waals surface area (Å²) in [5, 5.41) is 18.1. The number of nitrogens with zero attached hydrogens (tertiary/aromatic N) is 4. The quantitative estimate of drug-likeness (QED) is 0.502. The third kappa shape index (κ3) is 4.23. The van der Waals surface area contributed by atoms with E-state index in [1.165, 1.54) is 18.5 Å². The normalized spacial score (nSPS) is 22.4. The Morgan fingerprint density at radius 1 is 1.41 bits per heavy atom. The van der Waals surface area contributed by atoms with Crippen LogP contribution in [0.4, 0.5) is 11.6 Å². The van der Waals surface area contributed by atoms with Gasteiger partial charge in [0, 0.05) is 31.5 Å². The summed E-state index contributed by atoms with van der Waals surface area (Å²) in [5.41, 5.74) is 11.8. The van der Waals surface area contributed by atoms with Gasteiger partial charge in [0.1, 0.15) is 11.7 Å². The molecule has 0 aromatic carbocycles. The van der Waals surface area contributed by atoms with Gasteiger partial charge in [0.25, 0.3) is 0 Å². The smallest absolute Gasteiger partial charge is 0.165 e. The van der Waals surface area contributed by atoms with E-state index in [-0.39, 0.29) is 11.9 Å². The number of hydrogen-bond acceptors (Lipinski definition) is 8. The first kappa shape index (κ1) is 20.8. The van der Waals surface area contributed by atoms with Gasteiger partial charge in [0.05, 0.1) is 30.7 Å². The van der Waals surface area contributed by atoms with E-state index in [9.17, 15) is 5.26 Å². The van der Waals surface area contributed by atoms with Crippen LogP contribution in [-0.4, -0.2) is 56.0 Å². The number of anilines is 1. The number of ether oxygens (including phenoxy) is 2. The average molecular weight is 397 g/mol. The second-order valence-electron chi connectivity index (χ2n) is 7.23. The molecule has 1 aromatic rings. The van der Waals surface area contributed by atoms with E-state index >= 15 is 0 Å². The molecule has 5 N–H and O–H groups in total. The molecule has 1 atom stereocenters. The lowest BCUT2D eigenvalue weighted by atomic mass is 9.74. The van der Waals surface area contributed by atoms with Crippen molar-refractivity contribution in [1.82, 2.24) is 4.98 Å². The maximum Gasteiger partial charge on any atom is 0.165 e. The monoisotopic (exact) mass is 397 g/mol. The lowest BCUT2D eigenvalue weighted by Crippen LogP contribution is -2.44. The number of hydrogen-bond donors (Lipinski definition) is 3. The summed E-state index contributed by atoms with van der Waals surface area (Å²) in [5.74, 6) is 1.19. The van der Waals surface area contributed by atoms with Gasteiger partial charge in [-0.3, -0.25) is 0 Å². The van der Waals surface area contributed by atoms with Gasteiger partial charge < -0.3 is 31.3 Å². The molecule has 2 aliphatic heterocycles. The summed E-state index contributed by atoms with van der Waals surface area (Å²) in [6.07, 6.45) is 5.06. The van der Waals surface area contributed by atoms with Gasteiger partial charge in [-0.05, 0) is 43.7 Å². The molecule has 0 radical (unpaired) electrons. The first-order chi connectivity index (χ1) is 14.0. The van der Waals surface area contributed by atoms with E-state index in [1.54, 1.807) is 0 Å². The Labute approximate surface area is 170 Å². The van der Waals surface area contributed by atoms with Crippen LogP contribution >= 0.6 is 0 Å². The van der Waals surface area contributed by atoms with E-state index in [1.807, 2.05) is 6.07 Å². The third-order valence-corrected chi connectivity index (χ3v) is 5.41. The van der Waals surface area contributed by atoms with Crippen LogP contribution in [0.5, 0.6) is 0 Å². The standard InChI is InChI=1S/C20H27N7O2/c1-14-12-29-9-6-27(14)18-10-16(20(13-23)3-7-28-8-4-20)15(11-22)19(26-18)25-17(24)2-5-21/h2,5,10-11,14,22H,3-4,6-9,12,21H2,1H3,(H2,24,25,26)/b5-2-,22-11?/t14-/m1/s1. The molecule has 0 amide bonds. The van der Waals surface area contributed by atoms with E-state index < -0.39 is 5.41 Å². The Balaban J connectivity index is 2.22. The molecule has 0 saturated carbocycles.